The van der Waals surface area contributed by atoms with E-state index in [9.17, 15) is 9.59 Å². The third-order valence-corrected chi connectivity index (χ3v) is 4.49. The Hall–Kier alpha value is -2.86. The van der Waals surface area contributed by atoms with Crippen LogP contribution in [0.1, 0.15) is 37.7 Å². The zero-order chi connectivity index (χ0) is 20.9. The minimum absolute atomic E-state index is 0.174. The van der Waals surface area contributed by atoms with Gasteiger partial charge in [-0.1, -0.05) is 43.2 Å². The number of carbonyl (C=O) groups excluding carboxylic acids is 2. The molecule has 2 aromatic carbocycles. The number of rotatable bonds is 12. The Morgan fingerprint density at radius 2 is 1.76 bits per heavy atom. The molecule has 0 saturated carbocycles. The lowest BCUT2D eigenvalue weighted by Crippen LogP contribution is -2.30. The average Bonchev–Trinajstić information content (AvgIpc) is 2.76. The van der Waals surface area contributed by atoms with Gasteiger partial charge in [0.05, 0.1) is 20.8 Å². The normalized spacial score (nSPS) is 11.5. The number of carbonyl (C=O) groups is 2. The first-order valence-corrected chi connectivity index (χ1v) is 9.79. The molecule has 29 heavy (non-hydrogen) atoms. The van der Waals surface area contributed by atoms with Crippen molar-refractivity contribution in [3.63, 3.8) is 0 Å². The fraction of sp³-hybridized carbons (Fsp3) is 0.391. The van der Waals surface area contributed by atoms with E-state index in [1.54, 1.807) is 7.11 Å². The van der Waals surface area contributed by atoms with Gasteiger partial charge in [0.15, 0.2) is 0 Å². The van der Waals surface area contributed by atoms with Crippen LogP contribution in [0.15, 0.2) is 54.6 Å². The number of benzene rings is 2. The lowest BCUT2D eigenvalue weighted by Gasteiger charge is -2.18. The van der Waals surface area contributed by atoms with Crippen molar-refractivity contribution in [1.82, 2.24) is 0 Å². The van der Waals surface area contributed by atoms with Crippen molar-refractivity contribution in [1.29, 1.82) is 0 Å². The first-order valence-electron chi connectivity index (χ1n) is 9.79. The monoisotopic (exact) mass is 399 g/mol. The molecular weight excluding hydrogens is 370 g/mol. The number of amides is 1. The van der Waals surface area contributed by atoms with Crippen LogP contribution in [0.2, 0.25) is 0 Å². The van der Waals surface area contributed by atoms with Crippen molar-refractivity contribution >= 4 is 17.6 Å². The first kappa shape index (κ1) is 22.4. The Kier molecular flexibility index (Phi) is 9.72. The summed E-state index contributed by atoms with van der Waals surface area (Å²) in [5, 5.41) is 2.91. The highest BCUT2D eigenvalue weighted by Gasteiger charge is 2.19. The van der Waals surface area contributed by atoms with E-state index in [2.05, 4.69) is 10.1 Å². The second-order valence-corrected chi connectivity index (χ2v) is 6.68. The number of esters is 1. The Morgan fingerprint density at radius 1 is 0.966 bits per heavy atom. The molecule has 0 bridgehead atoms. The van der Waals surface area contributed by atoms with Gasteiger partial charge >= 0.3 is 5.97 Å². The maximum absolute atomic E-state index is 12.7. The molecule has 1 N–H and O–H groups in total. The molecule has 0 spiro atoms. The fourth-order valence-corrected chi connectivity index (χ4v) is 2.87. The molecule has 1 amide bonds. The van der Waals surface area contributed by atoms with Gasteiger partial charge in [0.25, 0.3) is 5.91 Å². The van der Waals surface area contributed by atoms with Gasteiger partial charge in [0.2, 0.25) is 0 Å². The van der Waals surface area contributed by atoms with E-state index in [0.29, 0.717) is 19.4 Å². The maximum atomic E-state index is 12.7. The Balaban J connectivity index is 1.92. The maximum Gasteiger partial charge on any atom is 0.305 e. The molecule has 1 unspecified atom stereocenters. The van der Waals surface area contributed by atoms with Crippen molar-refractivity contribution in [2.75, 3.05) is 19.5 Å². The molecule has 156 valence electrons. The van der Waals surface area contributed by atoms with E-state index in [0.717, 1.165) is 36.3 Å². The van der Waals surface area contributed by atoms with Crippen LogP contribution in [0.25, 0.3) is 0 Å². The number of nitrogens with one attached hydrogen (secondary N) is 1. The van der Waals surface area contributed by atoms with Crippen molar-refractivity contribution in [2.24, 2.45) is 0 Å². The van der Waals surface area contributed by atoms with Gasteiger partial charge in [-0.3, -0.25) is 9.59 Å². The fourth-order valence-electron chi connectivity index (χ4n) is 2.87. The molecule has 0 radical (unpaired) electrons. The van der Waals surface area contributed by atoms with E-state index in [1.165, 1.54) is 7.11 Å². The highest BCUT2D eigenvalue weighted by Crippen LogP contribution is 2.17. The SMILES string of the molecule is COC(=O)CCCCCC(OCc1cccc(OC)c1)C(=O)Nc1ccccc1. The summed E-state index contributed by atoms with van der Waals surface area (Å²) in [5.41, 5.74) is 1.67. The van der Waals surface area contributed by atoms with Gasteiger partial charge in [-0.2, -0.15) is 0 Å². The average molecular weight is 399 g/mol. The van der Waals surface area contributed by atoms with Crippen LogP contribution in [0.5, 0.6) is 5.75 Å². The summed E-state index contributed by atoms with van der Waals surface area (Å²) in [5.74, 6) is 0.365. The van der Waals surface area contributed by atoms with Crippen LogP contribution < -0.4 is 10.1 Å². The summed E-state index contributed by atoms with van der Waals surface area (Å²) in [6.07, 6.45) is 2.72. The zero-order valence-electron chi connectivity index (χ0n) is 17.1. The second-order valence-electron chi connectivity index (χ2n) is 6.68. The van der Waals surface area contributed by atoms with Crippen LogP contribution in [0, 0.1) is 0 Å². The highest BCUT2D eigenvalue weighted by atomic mass is 16.5. The largest absolute Gasteiger partial charge is 0.497 e. The first-order chi connectivity index (χ1) is 14.1. The topological polar surface area (TPSA) is 73.9 Å². The molecule has 0 aromatic heterocycles. The zero-order valence-corrected chi connectivity index (χ0v) is 17.1. The lowest BCUT2D eigenvalue weighted by molar-refractivity contribution is -0.140. The predicted octanol–water partition coefficient (Wildman–Crippen LogP) is 4.34. The van der Waals surface area contributed by atoms with Gasteiger partial charge in [0.1, 0.15) is 11.9 Å². The minimum atomic E-state index is -0.584. The number of unbranched alkanes of at least 4 members (excludes halogenated alkanes) is 2. The molecule has 0 aliphatic carbocycles. The third kappa shape index (κ3) is 8.35. The molecule has 1 atom stereocenters. The summed E-state index contributed by atoms with van der Waals surface area (Å²) in [7, 11) is 3.00. The number of para-hydroxylation sites is 1. The quantitative estimate of drug-likeness (QED) is 0.424. The Labute approximate surface area is 172 Å². The van der Waals surface area contributed by atoms with E-state index >= 15 is 0 Å². The van der Waals surface area contributed by atoms with Crippen molar-refractivity contribution in [3.05, 3.63) is 60.2 Å². The van der Waals surface area contributed by atoms with E-state index in [4.69, 9.17) is 9.47 Å². The highest BCUT2D eigenvalue weighted by molar-refractivity contribution is 5.94. The van der Waals surface area contributed by atoms with Gasteiger partial charge in [-0.05, 0) is 42.7 Å². The van der Waals surface area contributed by atoms with E-state index < -0.39 is 6.10 Å². The molecule has 0 aliphatic rings. The number of hydrogen-bond acceptors (Lipinski definition) is 5. The smallest absolute Gasteiger partial charge is 0.305 e. The summed E-state index contributed by atoms with van der Waals surface area (Å²) < 4.78 is 15.8. The van der Waals surface area contributed by atoms with Crippen LogP contribution in [0.3, 0.4) is 0 Å². The molecule has 0 heterocycles. The van der Waals surface area contributed by atoms with Crippen LogP contribution >= 0.6 is 0 Å². The number of anilines is 1. The van der Waals surface area contributed by atoms with Crippen molar-refractivity contribution in [3.8, 4) is 5.75 Å². The summed E-state index contributed by atoms with van der Waals surface area (Å²) in [6, 6.07) is 16.9. The van der Waals surface area contributed by atoms with E-state index in [-0.39, 0.29) is 11.9 Å². The van der Waals surface area contributed by atoms with E-state index in [1.807, 2.05) is 54.6 Å². The molecule has 0 saturated heterocycles. The number of ether oxygens (including phenoxy) is 3. The lowest BCUT2D eigenvalue weighted by atomic mass is 10.1. The van der Waals surface area contributed by atoms with Crippen LogP contribution in [-0.2, 0) is 25.7 Å². The molecule has 2 aromatic rings. The Morgan fingerprint density at radius 3 is 2.48 bits per heavy atom. The molecular formula is C23H29NO5. The Bertz CT molecular complexity index is 763. The third-order valence-electron chi connectivity index (χ3n) is 4.49. The molecule has 0 fully saturated rings. The minimum Gasteiger partial charge on any atom is -0.497 e. The van der Waals surface area contributed by atoms with Crippen molar-refractivity contribution in [2.45, 2.75) is 44.8 Å². The second kappa shape index (κ2) is 12.6. The van der Waals surface area contributed by atoms with Crippen LogP contribution in [-0.4, -0.2) is 32.2 Å². The van der Waals surface area contributed by atoms with Crippen molar-refractivity contribution < 1.29 is 23.8 Å². The van der Waals surface area contributed by atoms with Gasteiger partial charge < -0.3 is 19.5 Å². The molecule has 6 nitrogen and oxygen atoms in total. The standard InChI is InChI=1S/C23H29NO5/c1-27-20-13-9-10-18(16-20)17-29-21(14-7-4-8-15-22(25)28-2)23(26)24-19-11-5-3-6-12-19/h3,5-6,9-13,16,21H,4,7-8,14-15,17H2,1-2H3,(H,24,26). The summed E-state index contributed by atoms with van der Waals surface area (Å²) >= 11 is 0. The number of hydrogen-bond donors (Lipinski definition) is 1. The van der Waals surface area contributed by atoms with Gasteiger partial charge in [-0.25, -0.2) is 0 Å². The summed E-state index contributed by atoms with van der Waals surface area (Å²) in [4.78, 5) is 24.0. The summed E-state index contributed by atoms with van der Waals surface area (Å²) in [6.45, 7) is 0.312. The van der Waals surface area contributed by atoms with Crippen LogP contribution in [0.4, 0.5) is 5.69 Å². The molecule has 0 aliphatic heterocycles. The van der Waals surface area contributed by atoms with Gasteiger partial charge in [0, 0.05) is 12.1 Å². The predicted molar refractivity (Wildman–Crippen MR) is 112 cm³/mol. The van der Waals surface area contributed by atoms with Gasteiger partial charge in [-0.15, -0.1) is 0 Å². The molecule has 2 rings (SSSR count). The molecule has 6 heteroatoms. The number of methoxy groups -OCH3 is 2.